The number of carbonyl (C=O) groups is 1. The zero-order valence-corrected chi connectivity index (χ0v) is 15.3. The molecule has 3 nitrogen and oxygen atoms in total. The van der Waals surface area contributed by atoms with Crippen LogP contribution >= 0.6 is 0 Å². The Morgan fingerprint density at radius 3 is 2.52 bits per heavy atom. The first-order valence-corrected chi connectivity index (χ1v) is 9.18. The van der Waals surface area contributed by atoms with Crippen molar-refractivity contribution in [3.05, 3.63) is 71.4 Å². The lowest BCUT2D eigenvalue weighted by atomic mass is 9.95. The van der Waals surface area contributed by atoms with Crippen LogP contribution in [0.25, 0.3) is 10.9 Å². The minimum atomic E-state index is -0.208. The second-order valence-corrected chi connectivity index (χ2v) is 6.73. The molecule has 3 rings (SSSR count). The Hall–Kier alpha value is -2.39. The Kier molecular flexibility index (Phi) is 5.34. The Bertz CT molecular complexity index is 851. The molecule has 25 heavy (non-hydrogen) atoms. The molecule has 0 saturated heterocycles. The van der Waals surface area contributed by atoms with E-state index in [1.165, 1.54) is 5.56 Å². The third kappa shape index (κ3) is 3.52. The van der Waals surface area contributed by atoms with Gasteiger partial charge in [0.1, 0.15) is 0 Å². The minimum absolute atomic E-state index is 0.172. The van der Waals surface area contributed by atoms with Gasteiger partial charge in [-0.3, -0.25) is 4.79 Å². The molecule has 3 heteroatoms. The summed E-state index contributed by atoms with van der Waals surface area (Å²) in [5.41, 5.74) is 4.19. The molecule has 0 bridgehead atoms. The molecule has 0 unspecified atom stereocenters. The van der Waals surface area contributed by atoms with Crippen LogP contribution in [-0.2, 0) is 6.42 Å². The molecule has 0 fully saturated rings. The van der Waals surface area contributed by atoms with Gasteiger partial charge in [0.15, 0.2) is 6.04 Å². The number of H-pyrrole nitrogens is 1. The number of para-hydroxylation sites is 1. The average molecular weight is 335 g/mol. The van der Waals surface area contributed by atoms with Crippen molar-refractivity contribution in [3.63, 3.8) is 0 Å². The molecule has 2 atom stereocenters. The summed E-state index contributed by atoms with van der Waals surface area (Å²) >= 11 is 0. The van der Waals surface area contributed by atoms with Gasteiger partial charge < -0.3 is 10.3 Å². The maximum Gasteiger partial charge on any atom is 0.226 e. The Morgan fingerprint density at radius 2 is 1.84 bits per heavy atom. The highest BCUT2D eigenvalue weighted by molar-refractivity contribution is 6.10. The number of aromatic amines is 1. The molecule has 3 N–H and O–H groups in total. The number of Topliss-reactive ketones (excluding diaryl/α,β-unsaturated/α-hetero) is 1. The molecule has 1 aromatic heterocycles. The van der Waals surface area contributed by atoms with Gasteiger partial charge in [-0.05, 0) is 25.3 Å². The van der Waals surface area contributed by atoms with Crippen molar-refractivity contribution in [2.24, 2.45) is 0 Å². The van der Waals surface area contributed by atoms with E-state index in [1.807, 2.05) is 48.7 Å². The fourth-order valence-corrected chi connectivity index (χ4v) is 3.36. The summed E-state index contributed by atoms with van der Waals surface area (Å²) in [6.45, 7) is 6.47. The lowest BCUT2D eigenvalue weighted by molar-refractivity contribution is -0.711. The van der Waals surface area contributed by atoms with Crippen LogP contribution in [0.1, 0.15) is 54.7 Å². The second-order valence-electron chi connectivity index (χ2n) is 6.73. The Labute approximate surface area is 149 Å². The minimum Gasteiger partial charge on any atom is -0.360 e. The van der Waals surface area contributed by atoms with E-state index in [4.69, 9.17) is 0 Å². The monoisotopic (exact) mass is 335 g/mol. The average Bonchev–Trinajstić information content (AvgIpc) is 3.10. The summed E-state index contributed by atoms with van der Waals surface area (Å²) < 4.78 is 0. The van der Waals surface area contributed by atoms with Crippen LogP contribution in [0.5, 0.6) is 0 Å². The maximum atomic E-state index is 13.4. The van der Waals surface area contributed by atoms with Crippen LogP contribution < -0.4 is 5.32 Å². The van der Waals surface area contributed by atoms with Gasteiger partial charge in [0.2, 0.25) is 5.78 Å². The summed E-state index contributed by atoms with van der Waals surface area (Å²) in [5, 5.41) is 3.23. The molecule has 0 radical (unpaired) electrons. The molecule has 0 spiro atoms. The van der Waals surface area contributed by atoms with E-state index in [2.05, 4.69) is 37.1 Å². The van der Waals surface area contributed by atoms with Crippen LogP contribution in [0, 0.1) is 0 Å². The zero-order chi connectivity index (χ0) is 17.8. The number of carbonyl (C=O) groups excluding carboxylic acids is 1. The summed E-state index contributed by atoms with van der Waals surface area (Å²) in [6.07, 6.45) is 3.86. The van der Waals surface area contributed by atoms with Gasteiger partial charge in [-0.1, -0.05) is 62.4 Å². The lowest BCUT2D eigenvalue weighted by Crippen LogP contribution is -2.91. The summed E-state index contributed by atoms with van der Waals surface area (Å²) in [7, 11) is 0. The molecule has 0 aliphatic carbocycles. The highest BCUT2D eigenvalue weighted by Crippen LogP contribution is 2.25. The fourth-order valence-electron chi connectivity index (χ4n) is 3.36. The topological polar surface area (TPSA) is 49.5 Å². The second kappa shape index (κ2) is 7.66. The SMILES string of the molecule is CCc1cccc2c(C(=O)[C@@H]([NH2+][C@@H](C)CC)c3ccccc3)c[nH]c12. The Balaban J connectivity index is 2.03. The molecule has 1 heterocycles. The third-order valence-corrected chi connectivity index (χ3v) is 5.05. The van der Waals surface area contributed by atoms with E-state index in [0.29, 0.717) is 6.04 Å². The summed E-state index contributed by atoms with van der Waals surface area (Å²) in [6, 6.07) is 16.5. The zero-order valence-electron chi connectivity index (χ0n) is 15.3. The van der Waals surface area contributed by atoms with Crippen LogP contribution in [0.2, 0.25) is 0 Å². The Morgan fingerprint density at radius 1 is 1.08 bits per heavy atom. The third-order valence-electron chi connectivity index (χ3n) is 5.05. The summed E-state index contributed by atoms with van der Waals surface area (Å²) in [5.74, 6) is 0.172. The van der Waals surface area contributed by atoms with E-state index in [9.17, 15) is 4.79 Å². The van der Waals surface area contributed by atoms with E-state index in [-0.39, 0.29) is 11.8 Å². The number of nitrogens with one attached hydrogen (secondary N) is 1. The van der Waals surface area contributed by atoms with Gasteiger partial charge in [-0.25, -0.2) is 0 Å². The van der Waals surface area contributed by atoms with Crippen LogP contribution in [0.3, 0.4) is 0 Å². The summed E-state index contributed by atoms with van der Waals surface area (Å²) in [4.78, 5) is 16.7. The van der Waals surface area contributed by atoms with Crippen molar-refractivity contribution in [2.45, 2.75) is 45.7 Å². The van der Waals surface area contributed by atoms with Crippen LogP contribution in [-0.4, -0.2) is 16.8 Å². The van der Waals surface area contributed by atoms with Crippen molar-refractivity contribution < 1.29 is 10.1 Å². The van der Waals surface area contributed by atoms with Crippen molar-refractivity contribution >= 4 is 16.7 Å². The molecule has 3 aromatic rings. The van der Waals surface area contributed by atoms with E-state index >= 15 is 0 Å². The fraction of sp³-hybridized carbons (Fsp3) is 0.318. The van der Waals surface area contributed by atoms with Crippen molar-refractivity contribution in [3.8, 4) is 0 Å². The first kappa shape index (κ1) is 17.4. The predicted octanol–water partition coefficient (Wildman–Crippen LogP) is 4.02. The number of rotatable bonds is 7. The number of hydrogen-bond acceptors (Lipinski definition) is 1. The standard InChI is InChI=1S/C22H26N2O/c1-4-15(3)24-21(17-10-7-6-8-11-17)22(25)19-14-23-20-16(5-2)12-9-13-18(19)20/h6-15,21,23-24H,4-5H2,1-3H3/p+1/t15-,21-/m0/s1. The lowest BCUT2D eigenvalue weighted by Gasteiger charge is -2.18. The first-order chi connectivity index (χ1) is 12.2. The van der Waals surface area contributed by atoms with E-state index < -0.39 is 0 Å². The number of benzene rings is 2. The molecule has 2 aromatic carbocycles. The van der Waals surface area contributed by atoms with Gasteiger partial charge in [0.25, 0.3) is 0 Å². The van der Waals surface area contributed by atoms with Crippen LogP contribution in [0.15, 0.2) is 54.7 Å². The number of ketones is 1. The largest absolute Gasteiger partial charge is 0.360 e. The molecular formula is C22H27N2O+. The first-order valence-electron chi connectivity index (χ1n) is 9.18. The quantitative estimate of drug-likeness (QED) is 0.630. The smallest absolute Gasteiger partial charge is 0.226 e. The van der Waals surface area contributed by atoms with Gasteiger partial charge in [0.05, 0.1) is 6.04 Å². The van der Waals surface area contributed by atoms with Gasteiger partial charge in [-0.15, -0.1) is 0 Å². The van der Waals surface area contributed by atoms with E-state index in [1.54, 1.807) is 0 Å². The molecular weight excluding hydrogens is 308 g/mol. The molecule has 0 aliphatic heterocycles. The highest BCUT2D eigenvalue weighted by atomic mass is 16.1. The number of nitrogens with two attached hydrogens (primary N) is 1. The molecule has 0 amide bonds. The number of fused-ring (bicyclic) bond motifs is 1. The number of quaternary nitrogens is 1. The predicted molar refractivity (Wildman–Crippen MR) is 103 cm³/mol. The number of hydrogen-bond donors (Lipinski definition) is 2. The van der Waals surface area contributed by atoms with Crippen LogP contribution in [0.4, 0.5) is 0 Å². The highest BCUT2D eigenvalue weighted by Gasteiger charge is 2.28. The van der Waals surface area contributed by atoms with E-state index in [0.717, 1.165) is 34.9 Å². The van der Waals surface area contributed by atoms with Crippen molar-refractivity contribution in [1.29, 1.82) is 0 Å². The maximum absolute atomic E-state index is 13.4. The van der Waals surface area contributed by atoms with Crippen molar-refractivity contribution in [2.75, 3.05) is 0 Å². The molecule has 0 aliphatic rings. The normalized spacial score (nSPS) is 13.7. The molecule has 130 valence electrons. The van der Waals surface area contributed by atoms with Crippen molar-refractivity contribution in [1.82, 2.24) is 4.98 Å². The van der Waals surface area contributed by atoms with Gasteiger partial charge >= 0.3 is 0 Å². The molecule has 0 saturated carbocycles. The van der Waals surface area contributed by atoms with Gasteiger partial charge in [-0.2, -0.15) is 0 Å². The van der Waals surface area contributed by atoms with Gasteiger partial charge in [0, 0.05) is 28.2 Å². The number of aryl methyl sites for hydroxylation is 1. The number of aromatic nitrogens is 1.